The summed E-state index contributed by atoms with van der Waals surface area (Å²) in [5, 5.41) is 5.24. The predicted molar refractivity (Wildman–Crippen MR) is 92.8 cm³/mol. The predicted octanol–water partition coefficient (Wildman–Crippen LogP) is 4.17. The first-order chi connectivity index (χ1) is 12.1. The van der Waals surface area contributed by atoms with Gasteiger partial charge in [-0.05, 0) is 42.5 Å². The average Bonchev–Trinajstić information content (AvgIpc) is 3.11. The molecule has 0 saturated heterocycles. The quantitative estimate of drug-likeness (QED) is 0.514. The third kappa shape index (κ3) is 2.88. The number of benzene rings is 2. The van der Waals surface area contributed by atoms with Crippen LogP contribution in [0.3, 0.4) is 0 Å². The number of ether oxygens (including phenoxy) is 1. The van der Waals surface area contributed by atoms with E-state index in [0.29, 0.717) is 22.2 Å². The molecule has 0 atom stereocenters. The van der Waals surface area contributed by atoms with E-state index in [1.54, 1.807) is 55.6 Å². The Morgan fingerprint density at radius 1 is 1.08 bits per heavy atom. The van der Waals surface area contributed by atoms with Gasteiger partial charge in [-0.2, -0.15) is 4.98 Å². The molecule has 0 spiro atoms. The molecule has 0 bridgehead atoms. The summed E-state index contributed by atoms with van der Waals surface area (Å²) in [6, 6.07) is 13.9. The Balaban J connectivity index is 1.78. The smallest absolute Gasteiger partial charge is 0.349 e. The topological polar surface area (TPSA) is 78.4 Å². The monoisotopic (exact) mass is 354 g/mol. The fourth-order valence-electron chi connectivity index (χ4n) is 2.42. The molecule has 2 heterocycles. The Morgan fingerprint density at radius 2 is 1.88 bits per heavy atom. The summed E-state index contributed by atoms with van der Waals surface area (Å²) in [6.07, 6.45) is 0. The van der Waals surface area contributed by atoms with Crippen LogP contribution in [0.5, 0.6) is 5.75 Å². The summed E-state index contributed by atoms with van der Waals surface area (Å²) in [5.74, 6) is 1.06. The Kier molecular flexibility index (Phi) is 3.74. The molecule has 0 unspecified atom stereocenters. The SMILES string of the molecule is COc1ccc2cc(-c3nc(-c4ccc(Cl)cc4)no3)c(=O)oc2c1. The second-order valence-corrected chi connectivity index (χ2v) is 5.72. The maximum absolute atomic E-state index is 12.3. The largest absolute Gasteiger partial charge is 0.497 e. The molecular weight excluding hydrogens is 344 g/mol. The molecule has 25 heavy (non-hydrogen) atoms. The lowest BCUT2D eigenvalue weighted by atomic mass is 10.2. The van der Waals surface area contributed by atoms with E-state index in [1.807, 2.05) is 0 Å². The zero-order valence-corrected chi connectivity index (χ0v) is 13.8. The van der Waals surface area contributed by atoms with E-state index in [9.17, 15) is 4.79 Å². The van der Waals surface area contributed by atoms with Gasteiger partial charge in [0.2, 0.25) is 5.82 Å². The van der Waals surface area contributed by atoms with Crippen LogP contribution in [0.2, 0.25) is 5.02 Å². The maximum atomic E-state index is 12.3. The summed E-state index contributed by atoms with van der Waals surface area (Å²) in [4.78, 5) is 16.5. The molecule has 2 aromatic heterocycles. The van der Waals surface area contributed by atoms with Gasteiger partial charge in [0.15, 0.2) is 0 Å². The Labute approximate surface area is 146 Å². The number of halogens is 1. The van der Waals surface area contributed by atoms with Gasteiger partial charge in [0.25, 0.3) is 5.89 Å². The highest BCUT2D eigenvalue weighted by Gasteiger charge is 2.16. The second-order valence-electron chi connectivity index (χ2n) is 5.28. The van der Waals surface area contributed by atoms with E-state index in [1.165, 1.54) is 0 Å². The molecule has 0 aliphatic rings. The van der Waals surface area contributed by atoms with Crippen LogP contribution in [-0.2, 0) is 0 Å². The fourth-order valence-corrected chi connectivity index (χ4v) is 2.54. The van der Waals surface area contributed by atoms with Gasteiger partial charge in [-0.1, -0.05) is 16.8 Å². The van der Waals surface area contributed by atoms with Gasteiger partial charge >= 0.3 is 5.63 Å². The number of nitrogens with zero attached hydrogens (tertiary/aromatic N) is 2. The van der Waals surface area contributed by atoms with E-state index < -0.39 is 5.63 Å². The highest BCUT2D eigenvalue weighted by Crippen LogP contribution is 2.25. The van der Waals surface area contributed by atoms with Crippen molar-refractivity contribution < 1.29 is 13.7 Å². The van der Waals surface area contributed by atoms with Crippen molar-refractivity contribution in [3.63, 3.8) is 0 Å². The lowest BCUT2D eigenvalue weighted by Gasteiger charge is -2.02. The minimum absolute atomic E-state index is 0.0939. The van der Waals surface area contributed by atoms with Crippen molar-refractivity contribution in [1.29, 1.82) is 0 Å². The number of fused-ring (bicyclic) bond motifs is 1. The Bertz CT molecular complexity index is 1120. The van der Waals surface area contributed by atoms with Gasteiger partial charge in [-0.25, -0.2) is 4.79 Å². The number of methoxy groups -OCH3 is 1. The summed E-state index contributed by atoms with van der Waals surface area (Å²) in [7, 11) is 1.55. The normalized spacial score (nSPS) is 11.0. The molecule has 0 fully saturated rings. The summed E-state index contributed by atoms with van der Waals surface area (Å²) < 4.78 is 15.7. The summed E-state index contributed by atoms with van der Waals surface area (Å²) >= 11 is 5.87. The molecule has 124 valence electrons. The lowest BCUT2D eigenvalue weighted by molar-refractivity contribution is 0.414. The Morgan fingerprint density at radius 3 is 2.64 bits per heavy atom. The van der Waals surface area contributed by atoms with Crippen molar-refractivity contribution in [2.24, 2.45) is 0 Å². The summed E-state index contributed by atoms with van der Waals surface area (Å²) in [5.41, 5.74) is 0.789. The van der Waals surface area contributed by atoms with Gasteiger partial charge in [0.1, 0.15) is 16.9 Å². The third-order valence-corrected chi connectivity index (χ3v) is 3.95. The molecule has 7 heteroatoms. The van der Waals surface area contributed by atoms with Gasteiger partial charge in [0.05, 0.1) is 7.11 Å². The molecule has 0 N–H and O–H groups in total. The van der Waals surface area contributed by atoms with Gasteiger partial charge in [-0.3, -0.25) is 0 Å². The van der Waals surface area contributed by atoms with Crippen LogP contribution in [0.4, 0.5) is 0 Å². The first-order valence-corrected chi connectivity index (χ1v) is 7.74. The van der Waals surface area contributed by atoms with Gasteiger partial charge in [-0.15, -0.1) is 0 Å². The van der Waals surface area contributed by atoms with Crippen LogP contribution in [0, 0.1) is 0 Å². The fraction of sp³-hybridized carbons (Fsp3) is 0.0556. The molecule has 0 radical (unpaired) electrons. The van der Waals surface area contributed by atoms with Gasteiger partial charge in [0, 0.05) is 22.0 Å². The van der Waals surface area contributed by atoms with Crippen molar-refractivity contribution in [3.05, 3.63) is 64.0 Å². The maximum Gasteiger partial charge on any atom is 0.349 e. The van der Waals surface area contributed by atoms with Crippen LogP contribution in [0.1, 0.15) is 0 Å². The number of hydrogen-bond acceptors (Lipinski definition) is 6. The molecule has 2 aromatic carbocycles. The van der Waals surface area contributed by atoms with Crippen LogP contribution in [0.25, 0.3) is 33.8 Å². The number of rotatable bonds is 3. The zero-order chi connectivity index (χ0) is 17.4. The molecule has 0 aliphatic heterocycles. The van der Waals surface area contributed by atoms with E-state index in [-0.39, 0.29) is 11.5 Å². The van der Waals surface area contributed by atoms with Crippen molar-refractivity contribution in [3.8, 4) is 28.6 Å². The average molecular weight is 355 g/mol. The summed E-state index contributed by atoms with van der Waals surface area (Å²) in [6.45, 7) is 0. The second kappa shape index (κ2) is 6.07. The van der Waals surface area contributed by atoms with Crippen LogP contribution >= 0.6 is 11.6 Å². The van der Waals surface area contributed by atoms with E-state index >= 15 is 0 Å². The molecule has 0 amide bonds. The zero-order valence-electron chi connectivity index (χ0n) is 13.0. The molecule has 0 saturated carbocycles. The molecular formula is C18H11ClN2O4. The van der Waals surface area contributed by atoms with Crippen molar-refractivity contribution in [1.82, 2.24) is 10.1 Å². The van der Waals surface area contributed by atoms with Gasteiger partial charge < -0.3 is 13.7 Å². The third-order valence-electron chi connectivity index (χ3n) is 3.70. The van der Waals surface area contributed by atoms with Crippen LogP contribution in [-0.4, -0.2) is 17.3 Å². The molecule has 4 rings (SSSR count). The molecule has 6 nitrogen and oxygen atoms in total. The van der Waals surface area contributed by atoms with Crippen molar-refractivity contribution in [2.45, 2.75) is 0 Å². The van der Waals surface area contributed by atoms with E-state index in [2.05, 4.69) is 10.1 Å². The highest BCUT2D eigenvalue weighted by molar-refractivity contribution is 6.30. The Hall–Kier alpha value is -3.12. The number of aromatic nitrogens is 2. The van der Waals surface area contributed by atoms with Crippen molar-refractivity contribution in [2.75, 3.05) is 7.11 Å². The van der Waals surface area contributed by atoms with E-state index in [0.717, 1.165) is 10.9 Å². The first-order valence-electron chi connectivity index (χ1n) is 7.36. The lowest BCUT2D eigenvalue weighted by Crippen LogP contribution is -2.03. The minimum Gasteiger partial charge on any atom is -0.497 e. The number of hydrogen-bond donors (Lipinski definition) is 0. The minimum atomic E-state index is -0.563. The van der Waals surface area contributed by atoms with Crippen LogP contribution < -0.4 is 10.4 Å². The van der Waals surface area contributed by atoms with Crippen LogP contribution in [0.15, 0.2) is 62.3 Å². The molecule has 4 aromatic rings. The van der Waals surface area contributed by atoms with Crippen molar-refractivity contribution >= 4 is 22.6 Å². The first kappa shape index (κ1) is 15.4. The highest BCUT2D eigenvalue weighted by atomic mass is 35.5. The van der Waals surface area contributed by atoms with E-state index in [4.69, 9.17) is 25.3 Å². The molecule has 0 aliphatic carbocycles. The standard InChI is InChI=1S/C18H11ClN2O4/c1-23-13-7-4-11-8-14(18(22)24-15(11)9-13)17-20-16(21-25-17)10-2-5-12(19)6-3-10/h2-9H,1H3.